The molecule has 0 bridgehead atoms. The van der Waals surface area contributed by atoms with Crippen LogP contribution in [0.4, 0.5) is 0 Å². The van der Waals surface area contributed by atoms with Crippen molar-refractivity contribution in [3.05, 3.63) is 92.0 Å². The zero-order valence-corrected chi connectivity index (χ0v) is 16.6. The van der Waals surface area contributed by atoms with E-state index in [1.165, 1.54) is 11.1 Å². The quantitative estimate of drug-likeness (QED) is 0.740. The first-order valence-electron chi connectivity index (χ1n) is 9.46. The Kier molecular flexibility index (Phi) is 5.41. The number of H-pyrrole nitrogens is 1. The second-order valence-electron chi connectivity index (χ2n) is 7.02. The van der Waals surface area contributed by atoms with Crippen LogP contribution in [-0.2, 0) is 0 Å². The van der Waals surface area contributed by atoms with Crippen LogP contribution < -0.4 is 4.87 Å². The van der Waals surface area contributed by atoms with Crippen molar-refractivity contribution in [3.8, 4) is 0 Å². The molecule has 1 N–H and O–H groups in total. The second kappa shape index (κ2) is 8.12. The second-order valence-corrected chi connectivity index (χ2v) is 8.00. The lowest BCUT2D eigenvalue weighted by Crippen LogP contribution is -2.49. The Morgan fingerprint density at radius 3 is 1.93 bits per heavy atom. The highest BCUT2D eigenvalue weighted by atomic mass is 32.1. The highest BCUT2D eigenvalue weighted by Crippen LogP contribution is 2.29. The highest BCUT2D eigenvalue weighted by molar-refractivity contribution is 7.11. The Morgan fingerprint density at radius 2 is 1.46 bits per heavy atom. The number of hydrogen-bond donors (Lipinski definition) is 1. The van der Waals surface area contributed by atoms with Gasteiger partial charge in [0.15, 0.2) is 0 Å². The van der Waals surface area contributed by atoms with E-state index in [-0.39, 0.29) is 16.8 Å². The number of hydrogen-bond acceptors (Lipinski definition) is 4. The standard InChI is InChI=1S/C22H23N3O2S/c1-16-20(28-22(27)23-16)21(26)25-14-12-24(13-15-25)19(17-8-4-2-5-9-17)18-10-6-3-7-11-18/h2-11,19H,12-15H2,1H3,(H,23,27). The topological polar surface area (TPSA) is 56.4 Å². The maximum atomic E-state index is 12.8. The Morgan fingerprint density at radius 1 is 0.929 bits per heavy atom. The minimum Gasteiger partial charge on any atom is -0.335 e. The molecule has 1 aliphatic heterocycles. The van der Waals surface area contributed by atoms with Gasteiger partial charge in [0.1, 0.15) is 4.88 Å². The molecule has 2 heterocycles. The molecule has 0 spiro atoms. The van der Waals surface area contributed by atoms with Crippen LogP contribution in [0, 0.1) is 6.92 Å². The lowest BCUT2D eigenvalue weighted by atomic mass is 9.96. The number of nitrogens with zero attached hydrogens (tertiary/aromatic N) is 2. The Hall–Kier alpha value is -2.70. The number of rotatable bonds is 4. The largest absolute Gasteiger partial charge is 0.335 e. The molecule has 1 amide bonds. The third-order valence-corrected chi connectivity index (χ3v) is 6.19. The minimum atomic E-state index is -0.173. The summed E-state index contributed by atoms with van der Waals surface area (Å²) in [7, 11) is 0. The van der Waals surface area contributed by atoms with Gasteiger partial charge in [-0.3, -0.25) is 14.5 Å². The summed E-state index contributed by atoms with van der Waals surface area (Å²) < 4.78 is 0. The van der Waals surface area contributed by atoms with Crippen LogP contribution in [0.1, 0.15) is 32.5 Å². The normalized spacial score (nSPS) is 15.1. The van der Waals surface area contributed by atoms with Gasteiger partial charge in [0.05, 0.1) is 6.04 Å². The molecule has 0 atom stereocenters. The van der Waals surface area contributed by atoms with Gasteiger partial charge < -0.3 is 9.88 Å². The average Bonchev–Trinajstić information content (AvgIpc) is 3.08. The molecule has 1 aromatic heterocycles. The lowest BCUT2D eigenvalue weighted by Gasteiger charge is -2.39. The van der Waals surface area contributed by atoms with Crippen molar-refractivity contribution >= 4 is 17.2 Å². The van der Waals surface area contributed by atoms with E-state index < -0.39 is 0 Å². The van der Waals surface area contributed by atoms with Crippen LogP contribution >= 0.6 is 11.3 Å². The zero-order chi connectivity index (χ0) is 19.5. The van der Waals surface area contributed by atoms with Crippen LogP contribution in [-0.4, -0.2) is 46.9 Å². The van der Waals surface area contributed by atoms with Crippen molar-refractivity contribution < 1.29 is 4.79 Å². The average molecular weight is 394 g/mol. The number of piperazine rings is 1. The predicted molar refractivity (Wildman–Crippen MR) is 112 cm³/mol. The number of carbonyl (C=O) groups is 1. The molecular formula is C22H23N3O2S. The third-order valence-electron chi connectivity index (χ3n) is 5.22. The molecule has 0 radical (unpaired) electrons. The molecule has 144 valence electrons. The molecule has 1 aliphatic rings. The summed E-state index contributed by atoms with van der Waals surface area (Å²) in [6.07, 6.45) is 0. The van der Waals surface area contributed by atoms with Crippen LogP contribution in [0.15, 0.2) is 65.5 Å². The van der Waals surface area contributed by atoms with Gasteiger partial charge in [-0.2, -0.15) is 0 Å². The van der Waals surface area contributed by atoms with E-state index in [1.807, 2.05) is 17.0 Å². The van der Waals surface area contributed by atoms with Crippen molar-refractivity contribution in [2.45, 2.75) is 13.0 Å². The monoisotopic (exact) mass is 393 g/mol. The van der Waals surface area contributed by atoms with Crippen LogP contribution in [0.25, 0.3) is 0 Å². The van der Waals surface area contributed by atoms with Crippen molar-refractivity contribution in [2.75, 3.05) is 26.2 Å². The summed E-state index contributed by atoms with van der Waals surface area (Å²) >= 11 is 1.00. The molecule has 0 aliphatic carbocycles. The van der Waals surface area contributed by atoms with E-state index in [4.69, 9.17) is 0 Å². The van der Waals surface area contributed by atoms with Crippen molar-refractivity contribution in [3.63, 3.8) is 0 Å². The minimum absolute atomic E-state index is 0.0449. The molecular weight excluding hydrogens is 370 g/mol. The zero-order valence-electron chi connectivity index (χ0n) is 15.8. The van der Waals surface area contributed by atoms with Gasteiger partial charge >= 0.3 is 4.87 Å². The number of carbonyl (C=O) groups excluding carboxylic acids is 1. The van der Waals surface area contributed by atoms with Crippen molar-refractivity contribution in [2.24, 2.45) is 0 Å². The molecule has 1 fully saturated rings. The molecule has 2 aromatic carbocycles. The maximum absolute atomic E-state index is 12.8. The fraction of sp³-hybridized carbons (Fsp3) is 0.273. The predicted octanol–water partition coefficient (Wildman–Crippen LogP) is 3.29. The number of nitrogens with one attached hydrogen (secondary N) is 1. The van der Waals surface area contributed by atoms with Gasteiger partial charge in [-0.15, -0.1) is 0 Å². The summed E-state index contributed by atoms with van der Waals surface area (Å²) in [5.41, 5.74) is 3.18. The van der Waals surface area contributed by atoms with Crippen molar-refractivity contribution in [1.29, 1.82) is 0 Å². The van der Waals surface area contributed by atoms with Gasteiger partial charge in [-0.05, 0) is 18.1 Å². The molecule has 6 heteroatoms. The number of aromatic amines is 1. The first-order chi connectivity index (χ1) is 13.6. The van der Waals surface area contributed by atoms with E-state index >= 15 is 0 Å². The van der Waals surface area contributed by atoms with E-state index in [0.717, 1.165) is 24.4 Å². The molecule has 3 aromatic rings. The van der Waals surface area contributed by atoms with E-state index in [2.05, 4.69) is 58.4 Å². The van der Waals surface area contributed by atoms with Gasteiger partial charge in [0, 0.05) is 31.9 Å². The SMILES string of the molecule is Cc1[nH]c(=O)sc1C(=O)N1CCN(C(c2ccccc2)c2ccccc2)CC1. The maximum Gasteiger partial charge on any atom is 0.305 e. The number of aryl methyl sites for hydroxylation is 1. The summed E-state index contributed by atoms with van der Waals surface area (Å²) in [4.78, 5) is 31.7. The smallest absolute Gasteiger partial charge is 0.305 e. The highest BCUT2D eigenvalue weighted by Gasteiger charge is 2.29. The molecule has 5 nitrogen and oxygen atoms in total. The van der Waals surface area contributed by atoms with Gasteiger partial charge in [-0.1, -0.05) is 72.0 Å². The van der Waals surface area contributed by atoms with Gasteiger partial charge in [0.2, 0.25) is 0 Å². The molecule has 1 saturated heterocycles. The van der Waals surface area contributed by atoms with Crippen LogP contribution in [0.2, 0.25) is 0 Å². The Bertz CT molecular complexity index is 950. The molecule has 28 heavy (non-hydrogen) atoms. The van der Waals surface area contributed by atoms with E-state index in [1.54, 1.807) is 6.92 Å². The van der Waals surface area contributed by atoms with E-state index in [0.29, 0.717) is 23.7 Å². The third kappa shape index (κ3) is 3.79. The number of amides is 1. The fourth-order valence-electron chi connectivity index (χ4n) is 3.82. The molecule has 0 saturated carbocycles. The van der Waals surface area contributed by atoms with E-state index in [9.17, 15) is 9.59 Å². The molecule has 0 unspecified atom stereocenters. The number of thiazole rings is 1. The van der Waals surface area contributed by atoms with Gasteiger partial charge in [0.25, 0.3) is 5.91 Å². The van der Waals surface area contributed by atoms with Crippen LogP contribution in [0.5, 0.6) is 0 Å². The first kappa shape index (κ1) is 18.7. The summed E-state index contributed by atoms with van der Waals surface area (Å²) in [5, 5.41) is 0. The van der Waals surface area contributed by atoms with Gasteiger partial charge in [-0.25, -0.2) is 0 Å². The number of aromatic nitrogens is 1. The number of benzene rings is 2. The Balaban J connectivity index is 1.53. The lowest BCUT2D eigenvalue weighted by molar-refractivity contribution is 0.0601. The summed E-state index contributed by atoms with van der Waals surface area (Å²) in [5.74, 6) is -0.0449. The molecule has 4 rings (SSSR count). The summed E-state index contributed by atoms with van der Waals surface area (Å²) in [6, 6.07) is 21.2. The Labute approximate surface area is 168 Å². The fourth-order valence-corrected chi connectivity index (χ4v) is 4.63. The summed E-state index contributed by atoms with van der Waals surface area (Å²) in [6.45, 7) is 4.67. The van der Waals surface area contributed by atoms with Crippen molar-refractivity contribution in [1.82, 2.24) is 14.8 Å². The first-order valence-corrected chi connectivity index (χ1v) is 10.3. The van der Waals surface area contributed by atoms with Crippen LogP contribution in [0.3, 0.4) is 0 Å².